The van der Waals surface area contributed by atoms with Crippen LogP contribution >= 0.6 is 12.2 Å². The second-order valence-corrected chi connectivity index (χ2v) is 5.15. The van der Waals surface area contributed by atoms with E-state index in [1.54, 1.807) is 4.57 Å². The summed E-state index contributed by atoms with van der Waals surface area (Å²) in [5.41, 5.74) is 0. The zero-order valence-electron chi connectivity index (χ0n) is 10.2. The molecule has 0 unspecified atom stereocenters. The van der Waals surface area contributed by atoms with Crippen LogP contribution in [0.3, 0.4) is 0 Å². The Hall–Kier alpha value is -1.05. The Balaban J connectivity index is 2.34. The molecule has 0 amide bonds. The van der Waals surface area contributed by atoms with Crippen molar-refractivity contribution in [3.05, 3.63) is 4.77 Å². The molecule has 1 heterocycles. The Morgan fingerprint density at radius 3 is 2.56 bits per heavy atom. The molecule has 1 aromatic heterocycles. The fourth-order valence-corrected chi connectivity index (χ4v) is 2.25. The minimum Gasteiger partial charge on any atom is -0.329 e. The third-order valence-electron chi connectivity index (χ3n) is 2.80. The molecular weight excluding hydrogens is 265 g/mol. The number of hydrogen-bond acceptors (Lipinski definition) is 3. The molecule has 18 heavy (non-hydrogen) atoms. The summed E-state index contributed by atoms with van der Waals surface area (Å²) in [6, 6.07) is -0.102. The van der Waals surface area contributed by atoms with Crippen molar-refractivity contribution in [3.8, 4) is 0 Å². The highest BCUT2D eigenvalue weighted by atomic mass is 32.1. The molecule has 1 fully saturated rings. The van der Waals surface area contributed by atoms with Gasteiger partial charge in [0.25, 0.3) is 0 Å². The van der Waals surface area contributed by atoms with Crippen LogP contribution < -0.4 is 4.90 Å². The third kappa shape index (κ3) is 2.85. The maximum atomic E-state index is 12.6. The second kappa shape index (κ2) is 4.56. The molecule has 8 heteroatoms. The van der Waals surface area contributed by atoms with E-state index in [9.17, 15) is 13.2 Å². The van der Waals surface area contributed by atoms with Crippen LogP contribution in [0.5, 0.6) is 0 Å². The average molecular weight is 280 g/mol. The number of anilines is 1. The topological polar surface area (TPSA) is 36.9 Å². The number of nitrogens with one attached hydrogen (secondary N) is 1. The Morgan fingerprint density at radius 1 is 1.50 bits per heavy atom. The van der Waals surface area contributed by atoms with Crippen LogP contribution in [0, 0.1) is 4.77 Å². The zero-order valence-corrected chi connectivity index (χ0v) is 11.0. The van der Waals surface area contributed by atoms with Crippen molar-refractivity contribution in [3.63, 3.8) is 0 Å². The summed E-state index contributed by atoms with van der Waals surface area (Å²) in [6.45, 7) is 2.75. The summed E-state index contributed by atoms with van der Waals surface area (Å²) in [5.74, 6) is 0.287. The smallest absolute Gasteiger partial charge is 0.329 e. The summed E-state index contributed by atoms with van der Waals surface area (Å²) in [6.07, 6.45) is -2.69. The lowest BCUT2D eigenvalue weighted by Crippen LogP contribution is -2.38. The van der Waals surface area contributed by atoms with E-state index in [2.05, 4.69) is 10.2 Å². The Morgan fingerprint density at radius 2 is 2.11 bits per heavy atom. The average Bonchev–Trinajstić information content (AvgIpc) is 2.97. The molecule has 2 rings (SSSR count). The van der Waals surface area contributed by atoms with Gasteiger partial charge in [0.1, 0.15) is 6.54 Å². The first-order chi connectivity index (χ1) is 8.29. The Bertz CT molecular complexity index is 472. The van der Waals surface area contributed by atoms with Crippen LogP contribution in [0.25, 0.3) is 0 Å². The van der Waals surface area contributed by atoms with Crippen LogP contribution in [0.1, 0.15) is 32.7 Å². The van der Waals surface area contributed by atoms with E-state index in [1.165, 1.54) is 4.90 Å². The molecule has 0 saturated heterocycles. The number of nitrogens with zero attached hydrogens (tertiary/aromatic N) is 3. The van der Waals surface area contributed by atoms with E-state index in [1.807, 2.05) is 13.8 Å². The van der Waals surface area contributed by atoms with Gasteiger partial charge in [-0.25, -0.2) is 5.10 Å². The largest absolute Gasteiger partial charge is 0.406 e. The molecule has 0 spiro atoms. The highest BCUT2D eigenvalue weighted by Crippen LogP contribution is 2.34. The number of hydrogen-bond donors (Lipinski definition) is 1. The molecule has 1 N–H and O–H groups in total. The van der Waals surface area contributed by atoms with Crippen LogP contribution in [0.15, 0.2) is 0 Å². The molecule has 0 aliphatic heterocycles. The summed E-state index contributed by atoms with van der Waals surface area (Å²) >= 11 is 5.05. The predicted molar refractivity (Wildman–Crippen MR) is 64.2 cm³/mol. The van der Waals surface area contributed by atoms with Gasteiger partial charge in [-0.1, -0.05) is 0 Å². The monoisotopic (exact) mass is 280 g/mol. The van der Waals surface area contributed by atoms with Gasteiger partial charge in [-0.05, 0) is 38.9 Å². The molecule has 0 bridgehead atoms. The maximum absolute atomic E-state index is 12.6. The fourth-order valence-electron chi connectivity index (χ4n) is 1.91. The number of alkyl halides is 3. The number of aromatic nitrogens is 3. The second-order valence-electron chi connectivity index (χ2n) is 4.77. The van der Waals surface area contributed by atoms with E-state index in [-0.39, 0.29) is 18.0 Å². The van der Waals surface area contributed by atoms with Gasteiger partial charge in [-0.15, -0.1) is 5.10 Å². The lowest BCUT2D eigenvalue weighted by Gasteiger charge is -2.25. The molecular formula is C10H15F3N4S. The van der Waals surface area contributed by atoms with Gasteiger partial charge in [0.15, 0.2) is 4.77 Å². The Labute approximate surface area is 108 Å². The summed E-state index contributed by atoms with van der Waals surface area (Å²) in [5, 5.41) is 6.53. The molecule has 1 aliphatic rings. The van der Waals surface area contributed by atoms with Gasteiger partial charge in [0, 0.05) is 12.1 Å². The minimum absolute atomic E-state index is 0.0271. The number of aromatic amines is 1. The Kier molecular flexibility index (Phi) is 3.39. The van der Waals surface area contributed by atoms with Crippen molar-refractivity contribution in [1.29, 1.82) is 0 Å². The van der Waals surface area contributed by atoms with Crippen molar-refractivity contribution in [1.82, 2.24) is 14.8 Å². The van der Waals surface area contributed by atoms with E-state index < -0.39 is 12.7 Å². The highest BCUT2D eigenvalue weighted by molar-refractivity contribution is 7.71. The highest BCUT2D eigenvalue weighted by Gasteiger charge is 2.40. The number of halogens is 3. The maximum Gasteiger partial charge on any atom is 0.406 e. The molecule has 1 saturated carbocycles. The van der Waals surface area contributed by atoms with Crippen molar-refractivity contribution in [2.75, 3.05) is 11.4 Å². The summed E-state index contributed by atoms with van der Waals surface area (Å²) in [4.78, 5) is 1.30. The van der Waals surface area contributed by atoms with E-state index in [4.69, 9.17) is 12.2 Å². The molecule has 0 radical (unpaired) electrons. The van der Waals surface area contributed by atoms with E-state index >= 15 is 0 Å². The van der Waals surface area contributed by atoms with E-state index in [0.717, 1.165) is 12.8 Å². The third-order valence-corrected chi connectivity index (χ3v) is 3.08. The summed E-state index contributed by atoms with van der Waals surface area (Å²) < 4.78 is 39.8. The van der Waals surface area contributed by atoms with Crippen molar-refractivity contribution in [2.45, 2.75) is 44.9 Å². The lowest BCUT2D eigenvalue weighted by atomic mass is 10.4. The standard InChI is InChI=1S/C10H15F3N4S/c1-6(2)17-8(14-15-9(17)18)16(7-3-4-7)5-10(11,12)13/h6-7H,3-5H2,1-2H3,(H,15,18). The van der Waals surface area contributed by atoms with Gasteiger partial charge in [0.05, 0.1) is 0 Å². The number of rotatable bonds is 4. The van der Waals surface area contributed by atoms with Gasteiger partial charge in [-0.2, -0.15) is 13.2 Å². The van der Waals surface area contributed by atoms with Crippen LogP contribution in [0.2, 0.25) is 0 Å². The first kappa shape index (κ1) is 13.4. The first-order valence-electron chi connectivity index (χ1n) is 5.80. The zero-order chi connectivity index (χ0) is 13.5. The van der Waals surface area contributed by atoms with Crippen molar-refractivity contribution < 1.29 is 13.2 Å². The molecule has 0 atom stereocenters. The van der Waals surface area contributed by atoms with Crippen molar-refractivity contribution >= 4 is 18.2 Å². The van der Waals surface area contributed by atoms with Crippen LogP contribution in [-0.4, -0.2) is 33.5 Å². The quantitative estimate of drug-likeness (QED) is 0.861. The molecule has 1 aliphatic carbocycles. The van der Waals surface area contributed by atoms with E-state index in [0.29, 0.717) is 4.77 Å². The van der Waals surface area contributed by atoms with Crippen LogP contribution in [-0.2, 0) is 0 Å². The first-order valence-corrected chi connectivity index (χ1v) is 6.20. The lowest BCUT2D eigenvalue weighted by molar-refractivity contribution is -0.120. The molecule has 0 aromatic carbocycles. The minimum atomic E-state index is -4.24. The normalized spacial score (nSPS) is 16.3. The van der Waals surface area contributed by atoms with Gasteiger partial charge < -0.3 is 4.90 Å². The summed E-state index contributed by atoms with van der Waals surface area (Å²) in [7, 11) is 0. The molecule has 102 valence electrons. The van der Waals surface area contributed by atoms with Gasteiger partial charge in [-0.3, -0.25) is 4.57 Å². The van der Waals surface area contributed by atoms with Gasteiger partial charge >= 0.3 is 6.18 Å². The SMILES string of the molecule is CC(C)n1c(N(CC(F)(F)F)C2CC2)n[nH]c1=S. The van der Waals surface area contributed by atoms with Gasteiger partial charge in [0.2, 0.25) is 5.95 Å². The number of H-pyrrole nitrogens is 1. The van der Waals surface area contributed by atoms with Crippen molar-refractivity contribution in [2.24, 2.45) is 0 Å². The molecule has 4 nitrogen and oxygen atoms in total. The molecule has 1 aromatic rings. The predicted octanol–water partition coefficient (Wildman–Crippen LogP) is 3.05. The fraction of sp³-hybridized carbons (Fsp3) is 0.800. The van der Waals surface area contributed by atoms with Crippen LogP contribution in [0.4, 0.5) is 19.1 Å².